The first-order valence-electron chi connectivity index (χ1n) is 8.88. The third kappa shape index (κ3) is 3.24. The summed E-state index contributed by atoms with van der Waals surface area (Å²) in [5, 5.41) is 4.95. The molecular weight excluding hydrogens is 332 g/mol. The van der Waals surface area contributed by atoms with Crippen molar-refractivity contribution in [3.8, 4) is 0 Å². The number of likely N-dealkylation sites (tertiary alicyclic amines) is 1. The Labute approximate surface area is 151 Å². The van der Waals surface area contributed by atoms with Gasteiger partial charge in [0.25, 0.3) is 0 Å². The van der Waals surface area contributed by atoms with Crippen LogP contribution in [0.15, 0.2) is 39.5 Å². The Balaban J connectivity index is 1.34. The molecule has 1 aliphatic heterocycles. The summed E-state index contributed by atoms with van der Waals surface area (Å²) in [6, 6.07) is 7.79. The molecule has 26 heavy (non-hydrogen) atoms. The van der Waals surface area contributed by atoms with Crippen molar-refractivity contribution in [1.29, 1.82) is 0 Å². The Hall–Kier alpha value is -2.60. The summed E-state index contributed by atoms with van der Waals surface area (Å²) in [5.41, 5.74) is 3.61. The lowest BCUT2D eigenvalue weighted by Crippen LogP contribution is -2.31. The lowest BCUT2D eigenvalue weighted by Gasteiger charge is -2.16. The zero-order valence-corrected chi connectivity index (χ0v) is 15.0. The smallest absolute Gasteiger partial charge is 0.227 e. The summed E-state index contributed by atoms with van der Waals surface area (Å²) in [6.45, 7) is 5.62. The first-order valence-corrected chi connectivity index (χ1v) is 8.88. The van der Waals surface area contributed by atoms with E-state index >= 15 is 0 Å². The number of amides is 1. The fourth-order valence-corrected chi connectivity index (χ4v) is 3.44. The van der Waals surface area contributed by atoms with E-state index in [1.54, 1.807) is 6.26 Å². The zero-order valence-electron chi connectivity index (χ0n) is 15.0. The van der Waals surface area contributed by atoms with E-state index < -0.39 is 0 Å². The number of ether oxygens (including phenoxy) is 1. The van der Waals surface area contributed by atoms with Gasteiger partial charge in [-0.1, -0.05) is 23.4 Å². The number of para-hydroxylation sites is 1. The third-order valence-electron chi connectivity index (χ3n) is 5.05. The second-order valence-electron chi connectivity index (χ2n) is 6.80. The first kappa shape index (κ1) is 16.8. The standard InChI is InChI=1S/C20H22N2O4/c1-13-18(14(2)26-21-13)12-24-16-7-8-22(10-16)20(23)9-15-11-25-19-6-4-3-5-17(15)19/h3-6,11,16H,7-10,12H2,1-2H3. The summed E-state index contributed by atoms with van der Waals surface area (Å²) >= 11 is 0. The number of nitrogens with zero attached hydrogens (tertiary/aromatic N) is 2. The van der Waals surface area contributed by atoms with E-state index in [4.69, 9.17) is 13.7 Å². The normalized spacial score (nSPS) is 17.3. The number of carbonyl (C=O) groups is 1. The van der Waals surface area contributed by atoms with Gasteiger partial charge in [0.05, 0.1) is 31.1 Å². The van der Waals surface area contributed by atoms with E-state index in [0.717, 1.165) is 46.5 Å². The third-order valence-corrected chi connectivity index (χ3v) is 5.05. The lowest BCUT2D eigenvalue weighted by atomic mass is 10.1. The number of aromatic nitrogens is 1. The molecule has 1 unspecified atom stereocenters. The van der Waals surface area contributed by atoms with Crippen LogP contribution >= 0.6 is 0 Å². The Morgan fingerprint density at radius 2 is 2.19 bits per heavy atom. The van der Waals surface area contributed by atoms with Gasteiger partial charge in [-0.2, -0.15) is 0 Å². The van der Waals surface area contributed by atoms with Gasteiger partial charge >= 0.3 is 0 Å². The van der Waals surface area contributed by atoms with Gasteiger partial charge in [0.2, 0.25) is 5.91 Å². The van der Waals surface area contributed by atoms with E-state index in [-0.39, 0.29) is 12.0 Å². The highest BCUT2D eigenvalue weighted by Crippen LogP contribution is 2.23. The molecule has 1 atom stereocenters. The molecule has 1 amide bonds. The number of fused-ring (bicyclic) bond motifs is 1. The quantitative estimate of drug-likeness (QED) is 0.702. The summed E-state index contributed by atoms with van der Waals surface area (Å²) in [7, 11) is 0. The Kier molecular flexibility index (Phi) is 4.51. The molecule has 0 bridgehead atoms. The molecule has 4 rings (SSSR count). The van der Waals surface area contributed by atoms with Gasteiger partial charge in [0.15, 0.2) is 0 Å². The SMILES string of the molecule is Cc1noc(C)c1COC1CCN(C(=O)Cc2coc3ccccc23)C1. The second-order valence-corrected chi connectivity index (χ2v) is 6.80. The van der Waals surface area contributed by atoms with Crippen LogP contribution in [0.4, 0.5) is 0 Å². The summed E-state index contributed by atoms with van der Waals surface area (Å²) in [5.74, 6) is 0.903. The van der Waals surface area contributed by atoms with Crippen LogP contribution in [-0.4, -0.2) is 35.2 Å². The van der Waals surface area contributed by atoms with E-state index in [0.29, 0.717) is 19.6 Å². The van der Waals surface area contributed by atoms with Gasteiger partial charge in [-0.25, -0.2) is 0 Å². The number of aryl methyl sites for hydroxylation is 2. The number of rotatable bonds is 5. The molecule has 0 aliphatic carbocycles. The van der Waals surface area contributed by atoms with Crippen molar-refractivity contribution >= 4 is 16.9 Å². The maximum Gasteiger partial charge on any atom is 0.227 e. The van der Waals surface area contributed by atoms with Crippen LogP contribution in [0.3, 0.4) is 0 Å². The van der Waals surface area contributed by atoms with Crippen molar-refractivity contribution in [2.75, 3.05) is 13.1 Å². The van der Waals surface area contributed by atoms with Crippen LogP contribution in [-0.2, 0) is 22.6 Å². The fourth-order valence-electron chi connectivity index (χ4n) is 3.44. The maximum absolute atomic E-state index is 12.6. The molecule has 1 aromatic carbocycles. The van der Waals surface area contributed by atoms with E-state index in [1.165, 1.54) is 0 Å². The monoisotopic (exact) mass is 354 g/mol. The number of furan rings is 1. The maximum atomic E-state index is 12.6. The average molecular weight is 354 g/mol. The van der Waals surface area contributed by atoms with Crippen LogP contribution in [0.1, 0.15) is 29.0 Å². The van der Waals surface area contributed by atoms with E-state index in [2.05, 4.69) is 5.16 Å². The van der Waals surface area contributed by atoms with Gasteiger partial charge in [-0.15, -0.1) is 0 Å². The zero-order chi connectivity index (χ0) is 18.1. The minimum Gasteiger partial charge on any atom is -0.464 e. The largest absolute Gasteiger partial charge is 0.464 e. The fraction of sp³-hybridized carbons (Fsp3) is 0.400. The molecule has 6 nitrogen and oxygen atoms in total. The van der Waals surface area contributed by atoms with Crippen molar-refractivity contribution in [3.63, 3.8) is 0 Å². The molecule has 0 N–H and O–H groups in total. The first-order chi connectivity index (χ1) is 12.6. The molecule has 1 fully saturated rings. The Morgan fingerprint density at radius 1 is 1.35 bits per heavy atom. The van der Waals surface area contributed by atoms with Gasteiger partial charge in [0.1, 0.15) is 11.3 Å². The van der Waals surface area contributed by atoms with Crippen LogP contribution in [0.5, 0.6) is 0 Å². The number of hydrogen-bond acceptors (Lipinski definition) is 5. The highest BCUT2D eigenvalue weighted by Gasteiger charge is 2.28. The van der Waals surface area contributed by atoms with Gasteiger partial charge in [-0.05, 0) is 26.3 Å². The number of hydrogen-bond donors (Lipinski definition) is 0. The van der Waals surface area contributed by atoms with Crippen molar-refractivity contribution in [2.45, 2.75) is 39.4 Å². The predicted molar refractivity (Wildman–Crippen MR) is 95.7 cm³/mol. The van der Waals surface area contributed by atoms with Crippen LogP contribution in [0, 0.1) is 13.8 Å². The van der Waals surface area contributed by atoms with Crippen molar-refractivity contribution in [3.05, 3.63) is 53.1 Å². The molecule has 0 spiro atoms. The van der Waals surface area contributed by atoms with Gasteiger partial charge < -0.3 is 18.6 Å². The number of benzene rings is 1. The molecule has 0 saturated carbocycles. The summed E-state index contributed by atoms with van der Waals surface area (Å²) in [6.07, 6.45) is 2.94. The van der Waals surface area contributed by atoms with Crippen molar-refractivity contribution < 1.29 is 18.5 Å². The Morgan fingerprint density at radius 3 is 3.00 bits per heavy atom. The Bertz CT molecular complexity index is 907. The van der Waals surface area contributed by atoms with Crippen LogP contribution in [0.25, 0.3) is 11.0 Å². The molecule has 1 saturated heterocycles. The highest BCUT2D eigenvalue weighted by molar-refractivity contribution is 5.87. The summed E-state index contributed by atoms with van der Waals surface area (Å²) in [4.78, 5) is 14.5. The van der Waals surface area contributed by atoms with E-state index in [1.807, 2.05) is 43.0 Å². The van der Waals surface area contributed by atoms with Crippen molar-refractivity contribution in [1.82, 2.24) is 10.1 Å². The van der Waals surface area contributed by atoms with Gasteiger partial charge in [-0.3, -0.25) is 4.79 Å². The molecule has 3 heterocycles. The molecule has 1 aliphatic rings. The van der Waals surface area contributed by atoms with Crippen molar-refractivity contribution in [2.24, 2.45) is 0 Å². The highest BCUT2D eigenvalue weighted by atomic mass is 16.5. The molecule has 0 radical (unpaired) electrons. The van der Waals surface area contributed by atoms with Crippen LogP contribution in [0.2, 0.25) is 0 Å². The lowest BCUT2D eigenvalue weighted by molar-refractivity contribution is -0.130. The minimum atomic E-state index is 0.0498. The minimum absolute atomic E-state index is 0.0498. The van der Waals surface area contributed by atoms with Gasteiger partial charge in [0, 0.05) is 29.6 Å². The number of carbonyl (C=O) groups excluding carboxylic acids is 1. The van der Waals surface area contributed by atoms with Crippen LogP contribution < -0.4 is 0 Å². The molecule has 136 valence electrons. The molecule has 6 heteroatoms. The predicted octanol–water partition coefficient (Wildman–Crippen LogP) is 3.40. The topological polar surface area (TPSA) is 68.7 Å². The molecule has 3 aromatic rings. The molecular formula is C20H22N2O4. The molecule has 2 aromatic heterocycles. The average Bonchev–Trinajstić information content (AvgIpc) is 3.34. The second kappa shape index (κ2) is 6.96. The van der Waals surface area contributed by atoms with E-state index in [9.17, 15) is 4.79 Å². The summed E-state index contributed by atoms with van der Waals surface area (Å²) < 4.78 is 16.7.